The number of amides is 1. The fourth-order valence-corrected chi connectivity index (χ4v) is 2.24. The van der Waals surface area contributed by atoms with E-state index in [0.29, 0.717) is 22.1 Å². The molecule has 0 aromatic heterocycles. The smallest absolute Gasteiger partial charge is 0.259 e. The first-order valence-electron chi connectivity index (χ1n) is 7.57. The maximum Gasteiger partial charge on any atom is 0.259 e. The number of nitrogens with one attached hydrogen (secondary N) is 2. The van der Waals surface area contributed by atoms with Crippen LogP contribution in [-0.4, -0.2) is 32.9 Å². The molecular weight excluding hydrogens is 342 g/mol. The van der Waals surface area contributed by atoms with Crippen molar-refractivity contribution in [2.45, 2.75) is 6.92 Å². The Balaban J connectivity index is 1.91. The molecule has 0 spiro atoms. The van der Waals surface area contributed by atoms with Gasteiger partial charge in [-0.15, -0.1) is 0 Å². The number of carbonyl (C=O) groups excluding carboxylic acids is 1. The van der Waals surface area contributed by atoms with Crippen LogP contribution in [0.1, 0.15) is 11.1 Å². The summed E-state index contributed by atoms with van der Waals surface area (Å²) in [6.07, 6.45) is 1.45. The molecule has 0 saturated carbocycles. The molecule has 132 valence electrons. The second-order valence-electron chi connectivity index (χ2n) is 5.24. The van der Waals surface area contributed by atoms with Gasteiger partial charge in [-0.3, -0.25) is 4.79 Å². The molecule has 0 radical (unpaired) electrons. The number of hydrogen-bond donors (Lipinski definition) is 2. The summed E-state index contributed by atoms with van der Waals surface area (Å²) in [5.41, 5.74) is 5.07. The number of ether oxygens (including phenoxy) is 2. The molecule has 25 heavy (non-hydrogen) atoms. The molecule has 2 aromatic carbocycles. The van der Waals surface area contributed by atoms with E-state index in [2.05, 4.69) is 15.8 Å². The van der Waals surface area contributed by atoms with Crippen LogP contribution < -0.4 is 20.2 Å². The lowest BCUT2D eigenvalue weighted by molar-refractivity contribution is -0.119. The summed E-state index contributed by atoms with van der Waals surface area (Å²) >= 11 is 6.15. The van der Waals surface area contributed by atoms with E-state index in [1.165, 1.54) is 20.4 Å². The number of benzene rings is 2. The van der Waals surface area contributed by atoms with Crippen LogP contribution in [0.15, 0.2) is 41.5 Å². The topological polar surface area (TPSA) is 72.0 Å². The third-order valence-corrected chi connectivity index (χ3v) is 3.73. The highest BCUT2D eigenvalue weighted by molar-refractivity contribution is 6.33. The van der Waals surface area contributed by atoms with Gasteiger partial charge in [-0.25, -0.2) is 5.43 Å². The standard InChI is InChI=1S/C18H20ClN3O3/c1-12-4-6-14(7-5-12)20-11-18(23)22-21-10-13-8-16(24-2)17(25-3)9-15(13)19/h4-10,20H,11H2,1-3H3,(H,22,23)/b21-10-. The molecule has 0 bridgehead atoms. The van der Waals surface area contributed by atoms with Gasteiger partial charge in [0.25, 0.3) is 5.91 Å². The van der Waals surface area contributed by atoms with Crippen molar-refractivity contribution in [3.63, 3.8) is 0 Å². The third-order valence-electron chi connectivity index (χ3n) is 3.40. The summed E-state index contributed by atoms with van der Waals surface area (Å²) < 4.78 is 10.4. The van der Waals surface area contributed by atoms with E-state index in [-0.39, 0.29) is 12.5 Å². The highest BCUT2D eigenvalue weighted by Gasteiger charge is 2.08. The highest BCUT2D eigenvalue weighted by Crippen LogP contribution is 2.32. The minimum Gasteiger partial charge on any atom is -0.493 e. The molecule has 0 aliphatic heterocycles. The second kappa shape index (κ2) is 8.94. The first-order valence-corrected chi connectivity index (χ1v) is 7.95. The number of halogens is 1. The normalized spacial score (nSPS) is 10.6. The van der Waals surface area contributed by atoms with Crippen LogP contribution in [0.5, 0.6) is 11.5 Å². The lowest BCUT2D eigenvalue weighted by Crippen LogP contribution is -2.25. The Morgan fingerprint density at radius 2 is 1.80 bits per heavy atom. The molecule has 0 aliphatic carbocycles. The van der Waals surface area contributed by atoms with Crippen molar-refractivity contribution in [1.29, 1.82) is 0 Å². The van der Waals surface area contributed by atoms with Gasteiger partial charge in [0.15, 0.2) is 11.5 Å². The van der Waals surface area contributed by atoms with Crippen LogP contribution in [0.2, 0.25) is 5.02 Å². The summed E-state index contributed by atoms with van der Waals surface area (Å²) in [5.74, 6) is 0.783. The summed E-state index contributed by atoms with van der Waals surface area (Å²) in [6, 6.07) is 11.1. The molecule has 0 aliphatic rings. The average molecular weight is 362 g/mol. The lowest BCUT2D eigenvalue weighted by atomic mass is 10.2. The molecule has 0 fully saturated rings. The molecule has 6 nitrogen and oxygen atoms in total. The number of methoxy groups -OCH3 is 2. The van der Waals surface area contributed by atoms with E-state index in [1.54, 1.807) is 12.1 Å². The predicted molar refractivity (Wildman–Crippen MR) is 100.0 cm³/mol. The Morgan fingerprint density at radius 1 is 1.16 bits per heavy atom. The van der Waals surface area contributed by atoms with Crippen molar-refractivity contribution in [1.82, 2.24) is 5.43 Å². The minimum atomic E-state index is -0.270. The Labute approximate surface area is 151 Å². The summed E-state index contributed by atoms with van der Waals surface area (Å²) in [6.45, 7) is 2.12. The summed E-state index contributed by atoms with van der Waals surface area (Å²) in [7, 11) is 3.06. The van der Waals surface area contributed by atoms with E-state index >= 15 is 0 Å². The number of hydrogen-bond acceptors (Lipinski definition) is 5. The fraction of sp³-hybridized carbons (Fsp3) is 0.222. The minimum absolute atomic E-state index is 0.111. The molecule has 0 saturated heterocycles. The van der Waals surface area contributed by atoms with Gasteiger partial charge in [0.05, 0.1) is 32.0 Å². The molecule has 7 heteroatoms. The van der Waals surface area contributed by atoms with E-state index in [0.717, 1.165) is 11.3 Å². The first kappa shape index (κ1) is 18.6. The fourth-order valence-electron chi connectivity index (χ4n) is 2.04. The Kier molecular flexibility index (Phi) is 6.65. The van der Waals surface area contributed by atoms with Gasteiger partial charge in [0, 0.05) is 17.3 Å². The largest absolute Gasteiger partial charge is 0.493 e. The summed E-state index contributed by atoms with van der Waals surface area (Å²) in [5, 5.41) is 7.37. The number of carbonyl (C=O) groups is 1. The third kappa shape index (κ3) is 5.39. The molecular formula is C18H20ClN3O3. The zero-order chi connectivity index (χ0) is 18.2. The zero-order valence-electron chi connectivity index (χ0n) is 14.3. The van der Waals surface area contributed by atoms with Gasteiger partial charge in [0.1, 0.15) is 0 Å². The van der Waals surface area contributed by atoms with Crippen molar-refractivity contribution >= 4 is 29.4 Å². The lowest BCUT2D eigenvalue weighted by Gasteiger charge is -2.09. The maximum absolute atomic E-state index is 11.8. The second-order valence-corrected chi connectivity index (χ2v) is 5.65. The van der Waals surface area contributed by atoms with Gasteiger partial charge in [-0.1, -0.05) is 29.3 Å². The molecule has 2 rings (SSSR count). The van der Waals surface area contributed by atoms with Crippen molar-refractivity contribution in [2.24, 2.45) is 5.10 Å². The number of rotatable bonds is 7. The van der Waals surface area contributed by atoms with Crippen molar-refractivity contribution in [2.75, 3.05) is 26.1 Å². The van der Waals surface area contributed by atoms with E-state index in [4.69, 9.17) is 21.1 Å². The molecule has 2 N–H and O–H groups in total. The molecule has 0 atom stereocenters. The maximum atomic E-state index is 11.8. The Bertz CT molecular complexity index is 761. The van der Waals surface area contributed by atoms with Crippen LogP contribution in [0.4, 0.5) is 5.69 Å². The summed E-state index contributed by atoms with van der Waals surface area (Å²) in [4.78, 5) is 11.8. The zero-order valence-corrected chi connectivity index (χ0v) is 15.1. The van der Waals surface area contributed by atoms with Crippen molar-refractivity contribution in [3.05, 3.63) is 52.5 Å². The number of nitrogens with zero attached hydrogens (tertiary/aromatic N) is 1. The van der Waals surface area contributed by atoms with Crippen molar-refractivity contribution < 1.29 is 14.3 Å². The quantitative estimate of drug-likeness (QED) is 0.586. The average Bonchev–Trinajstić information content (AvgIpc) is 2.62. The van der Waals surface area contributed by atoms with Crippen LogP contribution in [0.3, 0.4) is 0 Å². The van der Waals surface area contributed by atoms with Gasteiger partial charge in [0.2, 0.25) is 0 Å². The van der Waals surface area contributed by atoms with E-state index in [9.17, 15) is 4.79 Å². The Morgan fingerprint density at radius 3 is 2.44 bits per heavy atom. The molecule has 0 heterocycles. The predicted octanol–water partition coefficient (Wildman–Crippen LogP) is 3.23. The molecule has 1 amide bonds. The van der Waals surface area contributed by atoms with E-state index in [1.807, 2.05) is 31.2 Å². The van der Waals surface area contributed by atoms with Gasteiger partial charge < -0.3 is 14.8 Å². The van der Waals surface area contributed by atoms with E-state index < -0.39 is 0 Å². The Hall–Kier alpha value is -2.73. The monoisotopic (exact) mass is 361 g/mol. The van der Waals surface area contributed by atoms with Crippen LogP contribution in [0.25, 0.3) is 0 Å². The van der Waals surface area contributed by atoms with Crippen molar-refractivity contribution in [3.8, 4) is 11.5 Å². The molecule has 0 unspecified atom stereocenters. The number of aryl methyl sites for hydroxylation is 1. The van der Waals surface area contributed by atoms with Crippen LogP contribution in [0, 0.1) is 6.92 Å². The first-order chi connectivity index (χ1) is 12.0. The van der Waals surface area contributed by atoms with Gasteiger partial charge in [-0.05, 0) is 25.1 Å². The van der Waals surface area contributed by atoms with Gasteiger partial charge in [-0.2, -0.15) is 5.10 Å². The highest BCUT2D eigenvalue weighted by atomic mass is 35.5. The van der Waals surface area contributed by atoms with Crippen LogP contribution in [-0.2, 0) is 4.79 Å². The SMILES string of the molecule is COc1cc(Cl)c(/C=N\NC(=O)CNc2ccc(C)cc2)cc1OC. The van der Waals surface area contributed by atoms with Crippen LogP contribution >= 0.6 is 11.6 Å². The number of anilines is 1. The molecule has 2 aromatic rings. The number of hydrazone groups is 1. The van der Waals surface area contributed by atoms with Gasteiger partial charge >= 0.3 is 0 Å².